The number of aryl methyl sites for hydroxylation is 1. The maximum Gasteiger partial charge on any atom is 0.227 e. The molecular formula is C26H30N6O. The molecule has 4 rings (SSSR count). The smallest absolute Gasteiger partial charge is 0.227 e. The van der Waals surface area contributed by atoms with Crippen molar-refractivity contribution >= 4 is 16.7 Å². The normalized spacial score (nSPS) is 11.3. The molecule has 0 unspecified atom stereocenters. The quantitative estimate of drug-likeness (QED) is 0.397. The van der Waals surface area contributed by atoms with Gasteiger partial charge in [-0.1, -0.05) is 42.5 Å². The average Bonchev–Trinajstić information content (AvgIpc) is 3.20. The van der Waals surface area contributed by atoms with Crippen molar-refractivity contribution in [1.82, 2.24) is 29.5 Å². The highest BCUT2D eigenvalue weighted by Gasteiger charge is 2.17. The van der Waals surface area contributed by atoms with Gasteiger partial charge in [-0.25, -0.2) is 9.67 Å². The summed E-state index contributed by atoms with van der Waals surface area (Å²) in [4.78, 5) is 26.0. The number of hydrogen-bond donors (Lipinski definition) is 0. The van der Waals surface area contributed by atoms with Gasteiger partial charge >= 0.3 is 0 Å². The highest BCUT2D eigenvalue weighted by molar-refractivity contribution is 5.90. The van der Waals surface area contributed by atoms with Crippen molar-refractivity contribution in [3.05, 3.63) is 78.4 Å². The zero-order chi connectivity index (χ0) is 23.2. The van der Waals surface area contributed by atoms with E-state index in [1.54, 1.807) is 12.4 Å². The molecule has 0 saturated carbocycles. The van der Waals surface area contributed by atoms with Gasteiger partial charge in [-0.05, 0) is 49.5 Å². The first kappa shape index (κ1) is 22.6. The molecule has 170 valence electrons. The van der Waals surface area contributed by atoms with Crippen LogP contribution >= 0.6 is 0 Å². The lowest BCUT2D eigenvalue weighted by molar-refractivity contribution is -0.130. The maximum absolute atomic E-state index is 13.4. The van der Waals surface area contributed by atoms with Crippen LogP contribution in [0.3, 0.4) is 0 Å². The lowest BCUT2D eigenvalue weighted by Gasteiger charge is -2.25. The average molecular weight is 443 g/mol. The molecule has 0 radical (unpaired) electrons. The second kappa shape index (κ2) is 10.4. The summed E-state index contributed by atoms with van der Waals surface area (Å²) < 4.78 is 1.88. The van der Waals surface area contributed by atoms with Crippen molar-refractivity contribution in [3.63, 3.8) is 0 Å². The third-order valence-corrected chi connectivity index (χ3v) is 5.77. The van der Waals surface area contributed by atoms with Gasteiger partial charge in [-0.15, -0.1) is 0 Å². The zero-order valence-electron chi connectivity index (χ0n) is 19.5. The van der Waals surface area contributed by atoms with E-state index in [1.165, 1.54) is 0 Å². The number of fused-ring (bicyclic) bond motifs is 1. The summed E-state index contributed by atoms with van der Waals surface area (Å²) in [5.74, 6) is 1.63. The number of benzene rings is 2. The van der Waals surface area contributed by atoms with Crippen molar-refractivity contribution in [2.75, 3.05) is 33.7 Å². The molecule has 0 aliphatic rings. The van der Waals surface area contributed by atoms with Crippen LogP contribution in [0.5, 0.6) is 0 Å². The van der Waals surface area contributed by atoms with E-state index in [-0.39, 0.29) is 5.91 Å². The van der Waals surface area contributed by atoms with Crippen LogP contribution in [0.15, 0.2) is 67.0 Å². The summed E-state index contributed by atoms with van der Waals surface area (Å²) in [6.45, 7) is 4.59. The Hall–Kier alpha value is -3.58. The second-order valence-electron chi connectivity index (χ2n) is 8.44. The SMILES string of the molecule is Cc1nc(-c2ccncc2)nn1CCN(CCN(C)C)C(=O)Cc1cccc2ccccc12. The summed E-state index contributed by atoms with van der Waals surface area (Å²) >= 11 is 0. The number of aromatic nitrogens is 4. The van der Waals surface area contributed by atoms with E-state index < -0.39 is 0 Å². The van der Waals surface area contributed by atoms with Gasteiger partial charge in [0.2, 0.25) is 5.91 Å². The number of rotatable bonds is 9. The van der Waals surface area contributed by atoms with E-state index in [4.69, 9.17) is 0 Å². The first-order valence-electron chi connectivity index (χ1n) is 11.2. The number of carbonyl (C=O) groups excluding carboxylic acids is 1. The Morgan fingerprint density at radius 3 is 2.48 bits per heavy atom. The van der Waals surface area contributed by atoms with Crippen molar-refractivity contribution < 1.29 is 4.79 Å². The van der Waals surface area contributed by atoms with E-state index in [0.717, 1.165) is 34.3 Å². The van der Waals surface area contributed by atoms with Gasteiger partial charge in [-0.3, -0.25) is 9.78 Å². The molecule has 0 fully saturated rings. The minimum atomic E-state index is 0.125. The van der Waals surface area contributed by atoms with Gasteiger partial charge in [0, 0.05) is 37.6 Å². The van der Waals surface area contributed by atoms with E-state index in [9.17, 15) is 4.79 Å². The highest BCUT2D eigenvalue weighted by atomic mass is 16.2. The Kier molecular flexibility index (Phi) is 7.10. The lowest BCUT2D eigenvalue weighted by Crippen LogP contribution is -2.39. The largest absolute Gasteiger partial charge is 0.339 e. The van der Waals surface area contributed by atoms with Crippen LogP contribution in [-0.2, 0) is 17.8 Å². The predicted octanol–water partition coefficient (Wildman–Crippen LogP) is 3.43. The van der Waals surface area contributed by atoms with Gasteiger partial charge in [0.25, 0.3) is 0 Å². The molecule has 0 atom stereocenters. The van der Waals surface area contributed by atoms with Gasteiger partial charge in [-0.2, -0.15) is 5.10 Å². The number of hydrogen-bond acceptors (Lipinski definition) is 5. The molecule has 7 nitrogen and oxygen atoms in total. The summed E-state index contributed by atoms with van der Waals surface area (Å²) in [6.07, 6.45) is 3.86. The Morgan fingerprint density at radius 2 is 1.70 bits per heavy atom. The summed E-state index contributed by atoms with van der Waals surface area (Å²) in [5, 5.41) is 6.95. The van der Waals surface area contributed by atoms with E-state index in [0.29, 0.717) is 31.9 Å². The standard InChI is InChI=1S/C26H30N6O/c1-20-28-26(22-11-13-27-14-12-22)29-32(20)18-17-31(16-15-30(2)3)25(33)19-23-9-6-8-21-7-4-5-10-24(21)23/h4-14H,15-19H2,1-3H3. The molecule has 2 heterocycles. The monoisotopic (exact) mass is 442 g/mol. The van der Waals surface area contributed by atoms with Crippen LogP contribution < -0.4 is 0 Å². The minimum absolute atomic E-state index is 0.125. The Morgan fingerprint density at radius 1 is 0.939 bits per heavy atom. The van der Waals surface area contributed by atoms with Gasteiger partial charge in [0.15, 0.2) is 5.82 Å². The zero-order valence-corrected chi connectivity index (χ0v) is 19.5. The molecule has 0 saturated heterocycles. The Balaban J connectivity index is 1.49. The molecule has 1 amide bonds. The van der Waals surface area contributed by atoms with Crippen molar-refractivity contribution in [3.8, 4) is 11.4 Å². The molecule has 33 heavy (non-hydrogen) atoms. The van der Waals surface area contributed by atoms with Gasteiger partial charge in [0.1, 0.15) is 5.82 Å². The van der Waals surface area contributed by atoms with Crippen LogP contribution in [0.25, 0.3) is 22.2 Å². The van der Waals surface area contributed by atoms with Crippen LogP contribution in [0.2, 0.25) is 0 Å². The van der Waals surface area contributed by atoms with Crippen molar-refractivity contribution in [1.29, 1.82) is 0 Å². The summed E-state index contributed by atoms with van der Waals surface area (Å²) in [6, 6.07) is 18.2. The van der Waals surface area contributed by atoms with Crippen molar-refractivity contribution in [2.45, 2.75) is 19.9 Å². The fourth-order valence-corrected chi connectivity index (χ4v) is 3.87. The second-order valence-corrected chi connectivity index (χ2v) is 8.44. The fraction of sp³-hybridized carbons (Fsp3) is 0.308. The number of pyridine rings is 1. The Labute approximate surface area is 194 Å². The van der Waals surface area contributed by atoms with Crippen LogP contribution in [-0.4, -0.2) is 69.2 Å². The highest BCUT2D eigenvalue weighted by Crippen LogP contribution is 2.20. The van der Waals surface area contributed by atoms with Gasteiger partial charge < -0.3 is 9.80 Å². The molecule has 2 aromatic carbocycles. The summed E-state index contributed by atoms with van der Waals surface area (Å²) in [7, 11) is 4.05. The van der Waals surface area contributed by atoms with E-state index in [1.807, 2.05) is 67.0 Å². The molecule has 0 bridgehead atoms. The topological polar surface area (TPSA) is 67.2 Å². The maximum atomic E-state index is 13.4. The molecule has 2 aromatic heterocycles. The molecule has 0 N–H and O–H groups in total. The summed E-state index contributed by atoms with van der Waals surface area (Å²) in [5.41, 5.74) is 1.99. The third kappa shape index (κ3) is 5.62. The van der Waals surface area contributed by atoms with E-state index >= 15 is 0 Å². The third-order valence-electron chi connectivity index (χ3n) is 5.77. The predicted molar refractivity (Wildman–Crippen MR) is 131 cm³/mol. The minimum Gasteiger partial charge on any atom is -0.339 e. The molecule has 0 aliphatic heterocycles. The van der Waals surface area contributed by atoms with Crippen LogP contribution in [0, 0.1) is 6.92 Å². The van der Waals surface area contributed by atoms with E-state index in [2.05, 4.69) is 38.2 Å². The molecule has 0 aliphatic carbocycles. The number of amides is 1. The van der Waals surface area contributed by atoms with Crippen molar-refractivity contribution in [2.24, 2.45) is 0 Å². The van der Waals surface area contributed by atoms with Crippen LogP contribution in [0.4, 0.5) is 0 Å². The lowest BCUT2D eigenvalue weighted by atomic mass is 10.0. The molecule has 7 heteroatoms. The first-order chi connectivity index (χ1) is 16.0. The number of nitrogens with zero attached hydrogens (tertiary/aromatic N) is 6. The molecule has 0 spiro atoms. The van der Waals surface area contributed by atoms with Gasteiger partial charge in [0.05, 0.1) is 13.0 Å². The number of likely N-dealkylation sites (N-methyl/N-ethyl adjacent to an activating group) is 1. The Bertz CT molecular complexity index is 1210. The first-order valence-corrected chi connectivity index (χ1v) is 11.2. The molecule has 4 aromatic rings. The molecular weight excluding hydrogens is 412 g/mol. The van der Waals surface area contributed by atoms with Crippen LogP contribution in [0.1, 0.15) is 11.4 Å². The number of carbonyl (C=O) groups is 1. The fourth-order valence-electron chi connectivity index (χ4n) is 3.87.